The van der Waals surface area contributed by atoms with Crippen LogP contribution in [0.1, 0.15) is 59.6 Å². The first kappa shape index (κ1) is 23.6. The summed E-state index contributed by atoms with van der Waals surface area (Å²) in [5.74, 6) is 0.933. The van der Waals surface area contributed by atoms with Crippen molar-refractivity contribution in [3.8, 4) is 22.5 Å². The molecule has 9 heteroatoms. The van der Waals surface area contributed by atoms with Crippen LogP contribution in [0.25, 0.3) is 28.2 Å². The molecule has 0 bridgehead atoms. The molecule has 37 heavy (non-hydrogen) atoms. The number of nitrogens with one attached hydrogen (secondary N) is 2. The van der Waals surface area contributed by atoms with Gasteiger partial charge in [-0.3, -0.25) is 5.10 Å². The summed E-state index contributed by atoms with van der Waals surface area (Å²) in [5.41, 5.74) is 7.13. The van der Waals surface area contributed by atoms with Gasteiger partial charge in [-0.25, -0.2) is 19.5 Å². The predicted octanol–water partition coefficient (Wildman–Crippen LogP) is 5.45. The predicted molar refractivity (Wildman–Crippen MR) is 146 cm³/mol. The molecule has 1 saturated carbocycles. The molecule has 8 nitrogen and oxygen atoms in total. The van der Waals surface area contributed by atoms with Crippen molar-refractivity contribution in [1.29, 1.82) is 0 Å². The summed E-state index contributed by atoms with van der Waals surface area (Å²) in [5, 5.41) is 16.0. The molecule has 188 valence electrons. The molecular formula is C28H29N6O2P. The minimum atomic E-state index is -0.304. The van der Waals surface area contributed by atoms with Crippen molar-refractivity contribution in [1.82, 2.24) is 30.0 Å². The molecule has 1 atom stereocenters. The first-order valence-corrected chi connectivity index (χ1v) is 13.9. The molecule has 0 radical (unpaired) electrons. The molecule has 1 fully saturated rings. The SMILES string of the molecule is COC(=O)c1ccc(CPc2ccc(-c3cnc4c(-c5n[nH][nH]5)cnn4c3C3CCCCC3)cc2)cc1. The maximum absolute atomic E-state index is 11.7. The molecule has 3 heterocycles. The third-order valence-corrected chi connectivity index (χ3v) is 8.55. The van der Waals surface area contributed by atoms with Crippen LogP contribution in [0.4, 0.5) is 0 Å². The zero-order chi connectivity index (χ0) is 25.2. The minimum absolute atomic E-state index is 0.304. The van der Waals surface area contributed by atoms with Crippen LogP contribution >= 0.6 is 8.58 Å². The Morgan fingerprint density at radius 3 is 2.46 bits per heavy atom. The lowest BCUT2D eigenvalue weighted by Gasteiger charge is -2.25. The Labute approximate surface area is 216 Å². The van der Waals surface area contributed by atoms with Gasteiger partial charge in [0.05, 0.1) is 30.1 Å². The number of benzene rings is 2. The molecule has 0 aliphatic heterocycles. The number of ether oxygens (including phenoxy) is 1. The second-order valence-corrected chi connectivity index (χ2v) is 10.8. The number of carbonyl (C=O) groups is 1. The van der Waals surface area contributed by atoms with Crippen molar-refractivity contribution in [2.75, 3.05) is 7.11 Å². The number of rotatable bonds is 7. The van der Waals surface area contributed by atoms with Gasteiger partial charge in [-0.1, -0.05) is 64.2 Å². The summed E-state index contributed by atoms with van der Waals surface area (Å²) in [6.45, 7) is 0. The van der Waals surface area contributed by atoms with Crippen LogP contribution in [0.15, 0.2) is 60.9 Å². The fourth-order valence-electron chi connectivity index (χ4n) is 5.19. The Morgan fingerprint density at radius 2 is 1.78 bits per heavy atom. The normalized spacial score (nSPS) is 14.6. The lowest BCUT2D eigenvalue weighted by Crippen LogP contribution is -2.13. The van der Waals surface area contributed by atoms with E-state index >= 15 is 0 Å². The van der Waals surface area contributed by atoms with Gasteiger partial charge >= 0.3 is 5.97 Å². The van der Waals surface area contributed by atoms with Gasteiger partial charge in [0.1, 0.15) is 0 Å². The van der Waals surface area contributed by atoms with Crippen molar-refractivity contribution in [2.24, 2.45) is 0 Å². The fourth-order valence-corrected chi connectivity index (χ4v) is 6.24. The van der Waals surface area contributed by atoms with Gasteiger partial charge in [-0.05, 0) is 47.6 Å². The van der Waals surface area contributed by atoms with Crippen LogP contribution in [0.2, 0.25) is 0 Å². The Morgan fingerprint density at radius 1 is 1.03 bits per heavy atom. The number of nitrogens with zero attached hydrogens (tertiary/aromatic N) is 4. The van der Waals surface area contributed by atoms with Crippen LogP contribution in [0, 0.1) is 0 Å². The van der Waals surface area contributed by atoms with Gasteiger partial charge in [-0.2, -0.15) is 5.10 Å². The summed E-state index contributed by atoms with van der Waals surface area (Å²) < 4.78 is 6.82. The standard InChI is InChI=1S/C28H29N6O2P/c1-36-28(35)21-9-7-18(8-10-21)17-37-22-13-11-19(12-14-22)23-15-29-27-24(26-31-33-32-26)16-30-34(27)25(23)20-5-3-2-4-6-20/h7-16,20,33,37H,2-6,17H2,1H3,(H,31,32). The van der Waals surface area contributed by atoms with Crippen LogP contribution in [0.3, 0.4) is 0 Å². The Balaban J connectivity index is 1.26. The van der Waals surface area contributed by atoms with Crippen molar-refractivity contribution in [3.05, 3.63) is 77.7 Å². The van der Waals surface area contributed by atoms with Crippen molar-refractivity contribution < 1.29 is 9.53 Å². The summed E-state index contributed by atoms with van der Waals surface area (Å²) in [7, 11) is 2.05. The molecule has 2 aromatic carbocycles. The van der Waals surface area contributed by atoms with E-state index in [1.807, 2.05) is 41.2 Å². The van der Waals surface area contributed by atoms with Crippen LogP contribution in [-0.4, -0.2) is 43.1 Å². The molecule has 0 spiro atoms. The third kappa shape index (κ3) is 4.69. The largest absolute Gasteiger partial charge is 0.465 e. The maximum Gasteiger partial charge on any atom is 0.337 e. The smallest absolute Gasteiger partial charge is 0.337 e. The Kier molecular flexibility index (Phi) is 6.58. The summed E-state index contributed by atoms with van der Waals surface area (Å²) in [4.78, 5) is 16.5. The van der Waals surface area contributed by atoms with E-state index in [9.17, 15) is 4.79 Å². The van der Waals surface area contributed by atoms with Gasteiger partial charge in [0.25, 0.3) is 0 Å². The highest BCUT2D eigenvalue weighted by molar-refractivity contribution is 7.46. The number of esters is 1. The number of aromatic amines is 2. The first-order valence-electron chi connectivity index (χ1n) is 12.7. The molecule has 5 aromatic rings. The van der Waals surface area contributed by atoms with Crippen LogP contribution in [0.5, 0.6) is 0 Å². The zero-order valence-corrected chi connectivity index (χ0v) is 21.7. The number of fused-ring (bicyclic) bond motifs is 1. The molecule has 0 saturated heterocycles. The van der Waals surface area contributed by atoms with Gasteiger partial charge in [0.15, 0.2) is 11.5 Å². The van der Waals surface area contributed by atoms with Crippen molar-refractivity contribution in [2.45, 2.75) is 44.2 Å². The van der Waals surface area contributed by atoms with Crippen molar-refractivity contribution in [3.63, 3.8) is 0 Å². The number of carbonyl (C=O) groups excluding carboxylic acids is 1. The van der Waals surface area contributed by atoms with E-state index < -0.39 is 0 Å². The molecule has 0 amide bonds. The van der Waals surface area contributed by atoms with E-state index in [1.54, 1.807) is 0 Å². The second-order valence-electron chi connectivity index (χ2n) is 9.50. The average molecular weight is 513 g/mol. The Bertz CT molecular complexity index is 1500. The maximum atomic E-state index is 11.7. The number of methoxy groups -OCH3 is 1. The minimum Gasteiger partial charge on any atom is -0.465 e. The third-order valence-electron chi connectivity index (χ3n) is 7.22. The van der Waals surface area contributed by atoms with E-state index in [2.05, 4.69) is 39.7 Å². The molecule has 2 N–H and O–H groups in total. The van der Waals surface area contributed by atoms with Crippen molar-refractivity contribution >= 4 is 25.5 Å². The molecule has 1 aliphatic carbocycles. The number of hydrogen-bond donors (Lipinski definition) is 2. The number of aromatic nitrogens is 6. The second kappa shape index (κ2) is 10.3. The summed E-state index contributed by atoms with van der Waals surface area (Å²) >= 11 is 0. The highest BCUT2D eigenvalue weighted by Gasteiger charge is 2.25. The summed E-state index contributed by atoms with van der Waals surface area (Å²) in [6, 6.07) is 16.5. The number of hydrogen-bond acceptors (Lipinski definition) is 5. The molecule has 1 aliphatic rings. The highest BCUT2D eigenvalue weighted by atomic mass is 31.1. The summed E-state index contributed by atoms with van der Waals surface area (Å²) in [6.07, 6.45) is 11.0. The fraction of sp³-hybridized carbons (Fsp3) is 0.286. The lowest BCUT2D eigenvalue weighted by molar-refractivity contribution is 0.0600. The quantitative estimate of drug-likeness (QED) is 0.223. The lowest BCUT2D eigenvalue weighted by atomic mass is 9.84. The first-order chi connectivity index (χ1) is 18.2. The molecule has 3 aromatic heterocycles. The van der Waals surface area contributed by atoms with E-state index in [-0.39, 0.29) is 5.97 Å². The van der Waals surface area contributed by atoms with Gasteiger partial charge in [-0.15, -0.1) is 5.10 Å². The number of H-pyrrole nitrogens is 2. The topological polar surface area (TPSA) is 101 Å². The monoisotopic (exact) mass is 512 g/mol. The molecular weight excluding hydrogens is 483 g/mol. The van der Waals surface area contributed by atoms with E-state index in [0.29, 0.717) is 20.1 Å². The van der Waals surface area contributed by atoms with E-state index in [0.717, 1.165) is 28.8 Å². The average Bonchev–Trinajstić information content (AvgIpc) is 3.34. The molecule has 6 rings (SSSR count). The van der Waals surface area contributed by atoms with Crippen LogP contribution < -0.4 is 5.30 Å². The van der Waals surface area contributed by atoms with E-state index in [1.165, 1.54) is 61.3 Å². The highest BCUT2D eigenvalue weighted by Crippen LogP contribution is 2.39. The van der Waals surface area contributed by atoms with E-state index in [4.69, 9.17) is 14.8 Å². The molecule has 1 unspecified atom stereocenters. The van der Waals surface area contributed by atoms with Gasteiger partial charge in [0.2, 0.25) is 0 Å². The van der Waals surface area contributed by atoms with Crippen LogP contribution in [-0.2, 0) is 10.9 Å². The Hall–Kier alpha value is -3.77. The van der Waals surface area contributed by atoms with Gasteiger partial charge < -0.3 is 4.74 Å². The van der Waals surface area contributed by atoms with Gasteiger partial charge in [0, 0.05) is 17.7 Å². The zero-order valence-electron chi connectivity index (χ0n) is 20.7.